The molecule has 0 aromatic heterocycles. The highest BCUT2D eigenvalue weighted by atomic mass is 32.2. The zero-order chi connectivity index (χ0) is 16.1. The average molecular weight is 333 g/mol. The van der Waals surface area contributed by atoms with Crippen LogP contribution in [0.2, 0.25) is 0 Å². The summed E-state index contributed by atoms with van der Waals surface area (Å²) in [5, 5.41) is 0. The predicted molar refractivity (Wildman–Crippen MR) is 98.3 cm³/mol. The number of piperidine rings is 1. The SMILES string of the molecule is CCC1CCSc2ccccc2N1C(=O)CCN1CCCCC1. The fourth-order valence-corrected chi connectivity index (χ4v) is 4.79. The Morgan fingerprint density at radius 2 is 2.00 bits per heavy atom. The van der Waals surface area contributed by atoms with Crippen molar-refractivity contribution in [2.75, 3.05) is 30.3 Å². The summed E-state index contributed by atoms with van der Waals surface area (Å²) in [7, 11) is 0. The van der Waals surface area contributed by atoms with Crippen molar-refractivity contribution in [1.82, 2.24) is 4.90 Å². The summed E-state index contributed by atoms with van der Waals surface area (Å²) in [6, 6.07) is 8.76. The lowest BCUT2D eigenvalue weighted by Gasteiger charge is -2.32. The zero-order valence-electron chi connectivity index (χ0n) is 14.2. The lowest BCUT2D eigenvalue weighted by Crippen LogP contribution is -2.42. The largest absolute Gasteiger partial charge is 0.308 e. The number of anilines is 1. The van der Waals surface area contributed by atoms with E-state index in [-0.39, 0.29) is 0 Å². The van der Waals surface area contributed by atoms with Gasteiger partial charge in [-0.05, 0) is 50.9 Å². The van der Waals surface area contributed by atoms with Gasteiger partial charge in [-0.1, -0.05) is 25.5 Å². The molecule has 0 saturated carbocycles. The number of rotatable bonds is 4. The highest BCUT2D eigenvalue weighted by Gasteiger charge is 2.28. The molecule has 1 unspecified atom stereocenters. The van der Waals surface area contributed by atoms with Crippen LogP contribution in [0.15, 0.2) is 29.2 Å². The van der Waals surface area contributed by atoms with Gasteiger partial charge in [0.15, 0.2) is 0 Å². The Kier molecular flexibility index (Phi) is 6.01. The molecule has 0 aliphatic carbocycles. The van der Waals surface area contributed by atoms with E-state index in [4.69, 9.17) is 0 Å². The minimum Gasteiger partial charge on any atom is -0.308 e. The number of benzene rings is 1. The van der Waals surface area contributed by atoms with Crippen LogP contribution in [0.1, 0.15) is 45.4 Å². The summed E-state index contributed by atoms with van der Waals surface area (Å²) < 4.78 is 0. The molecule has 1 aromatic rings. The van der Waals surface area contributed by atoms with E-state index in [1.807, 2.05) is 11.8 Å². The first kappa shape index (κ1) is 16.8. The Morgan fingerprint density at radius 1 is 1.22 bits per heavy atom. The Labute approximate surface area is 144 Å². The number of hydrogen-bond donors (Lipinski definition) is 0. The van der Waals surface area contributed by atoms with E-state index < -0.39 is 0 Å². The molecule has 4 heteroatoms. The predicted octanol–water partition coefficient (Wildman–Crippen LogP) is 4.17. The van der Waals surface area contributed by atoms with Crippen LogP contribution in [-0.2, 0) is 4.79 Å². The monoisotopic (exact) mass is 332 g/mol. The van der Waals surface area contributed by atoms with E-state index in [1.54, 1.807) is 0 Å². The number of nitrogens with zero attached hydrogens (tertiary/aromatic N) is 2. The minimum atomic E-state index is 0.303. The molecule has 1 fully saturated rings. The van der Waals surface area contributed by atoms with Crippen molar-refractivity contribution < 1.29 is 4.79 Å². The van der Waals surface area contributed by atoms with Gasteiger partial charge >= 0.3 is 0 Å². The molecule has 1 atom stereocenters. The van der Waals surface area contributed by atoms with Crippen LogP contribution in [0, 0.1) is 0 Å². The maximum absolute atomic E-state index is 13.0. The van der Waals surface area contributed by atoms with E-state index in [1.165, 1.54) is 24.2 Å². The molecule has 1 saturated heterocycles. The van der Waals surface area contributed by atoms with Gasteiger partial charge in [-0.2, -0.15) is 0 Å². The van der Waals surface area contributed by atoms with Crippen LogP contribution >= 0.6 is 11.8 Å². The van der Waals surface area contributed by atoms with E-state index in [0.29, 0.717) is 18.4 Å². The van der Waals surface area contributed by atoms with Crippen molar-refractivity contribution in [3.63, 3.8) is 0 Å². The van der Waals surface area contributed by atoms with Crippen molar-refractivity contribution in [2.24, 2.45) is 0 Å². The molecular weight excluding hydrogens is 304 g/mol. The molecular formula is C19H28N2OS. The Balaban J connectivity index is 1.72. The second-order valence-electron chi connectivity index (χ2n) is 6.58. The van der Waals surface area contributed by atoms with E-state index in [0.717, 1.165) is 43.9 Å². The number of fused-ring (bicyclic) bond motifs is 1. The third-order valence-corrected chi connectivity index (χ3v) is 6.13. The van der Waals surface area contributed by atoms with Crippen LogP contribution < -0.4 is 4.90 Å². The molecule has 0 bridgehead atoms. The van der Waals surface area contributed by atoms with Gasteiger partial charge in [0.25, 0.3) is 0 Å². The first-order valence-corrected chi connectivity index (χ1v) is 10.0. The molecule has 1 aromatic carbocycles. The van der Waals surface area contributed by atoms with Crippen LogP contribution in [0.3, 0.4) is 0 Å². The van der Waals surface area contributed by atoms with Crippen molar-refractivity contribution >= 4 is 23.4 Å². The maximum atomic E-state index is 13.0. The lowest BCUT2D eigenvalue weighted by atomic mass is 10.1. The van der Waals surface area contributed by atoms with Crippen LogP contribution in [0.5, 0.6) is 0 Å². The van der Waals surface area contributed by atoms with Gasteiger partial charge in [0, 0.05) is 29.7 Å². The second-order valence-corrected chi connectivity index (χ2v) is 7.72. The zero-order valence-corrected chi connectivity index (χ0v) is 15.0. The van der Waals surface area contributed by atoms with Gasteiger partial charge < -0.3 is 9.80 Å². The van der Waals surface area contributed by atoms with Gasteiger partial charge in [0.2, 0.25) is 5.91 Å². The number of carbonyl (C=O) groups is 1. The van der Waals surface area contributed by atoms with E-state index >= 15 is 0 Å². The molecule has 3 rings (SSSR count). The fraction of sp³-hybridized carbons (Fsp3) is 0.632. The lowest BCUT2D eigenvalue weighted by molar-refractivity contribution is -0.119. The molecule has 2 aliphatic rings. The van der Waals surface area contributed by atoms with Crippen LogP contribution in [0.4, 0.5) is 5.69 Å². The highest BCUT2D eigenvalue weighted by molar-refractivity contribution is 7.99. The standard InChI is InChI=1S/C19H28N2OS/c1-2-16-11-15-23-18-9-5-4-8-17(18)21(16)19(22)10-14-20-12-6-3-7-13-20/h4-5,8-9,16H,2-3,6-7,10-15H2,1H3. The molecule has 0 spiro atoms. The number of carbonyl (C=O) groups excluding carboxylic acids is 1. The molecule has 0 N–H and O–H groups in total. The second kappa shape index (κ2) is 8.20. The van der Waals surface area contributed by atoms with Crippen LogP contribution in [-0.4, -0.2) is 42.2 Å². The first-order chi connectivity index (χ1) is 11.3. The number of para-hydroxylation sites is 1. The van der Waals surface area contributed by atoms with Crippen molar-refractivity contribution in [3.8, 4) is 0 Å². The average Bonchev–Trinajstić information content (AvgIpc) is 2.79. The van der Waals surface area contributed by atoms with Crippen molar-refractivity contribution in [1.29, 1.82) is 0 Å². The number of thioether (sulfide) groups is 1. The summed E-state index contributed by atoms with van der Waals surface area (Å²) in [6.45, 7) is 5.45. The third kappa shape index (κ3) is 4.10. The number of hydrogen-bond acceptors (Lipinski definition) is 3. The fourth-order valence-electron chi connectivity index (χ4n) is 3.69. The molecule has 126 valence electrons. The number of amides is 1. The Hall–Kier alpha value is -1.00. The molecule has 2 heterocycles. The van der Waals surface area contributed by atoms with Crippen molar-refractivity contribution in [3.05, 3.63) is 24.3 Å². The summed E-state index contributed by atoms with van der Waals surface area (Å²) in [5.41, 5.74) is 1.13. The maximum Gasteiger partial charge on any atom is 0.228 e. The molecule has 23 heavy (non-hydrogen) atoms. The molecule has 0 radical (unpaired) electrons. The minimum absolute atomic E-state index is 0.303. The first-order valence-electron chi connectivity index (χ1n) is 9.06. The quantitative estimate of drug-likeness (QED) is 0.827. The smallest absolute Gasteiger partial charge is 0.228 e. The van der Waals surface area contributed by atoms with Crippen molar-refractivity contribution in [2.45, 2.75) is 56.4 Å². The van der Waals surface area contributed by atoms with Gasteiger partial charge in [-0.3, -0.25) is 4.79 Å². The third-order valence-electron chi connectivity index (χ3n) is 5.03. The normalized spacial score (nSPS) is 22.5. The van der Waals surface area contributed by atoms with Gasteiger partial charge in [0.1, 0.15) is 0 Å². The summed E-state index contributed by atoms with van der Waals surface area (Å²) in [5.74, 6) is 1.41. The Bertz CT molecular complexity index is 528. The highest BCUT2D eigenvalue weighted by Crippen LogP contribution is 2.37. The molecule has 3 nitrogen and oxygen atoms in total. The van der Waals surface area contributed by atoms with Gasteiger partial charge in [-0.15, -0.1) is 11.8 Å². The Morgan fingerprint density at radius 3 is 2.78 bits per heavy atom. The van der Waals surface area contributed by atoms with Crippen LogP contribution in [0.25, 0.3) is 0 Å². The summed E-state index contributed by atoms with van der Waals surface area (Å²) in [4.78, 5) is 18.8. The molecule has 1 amide bonds. The topological polar surface area (TPSA) is 23.6 Å². The summed E-state index contributed by atoms with van der Waals surface area (Å²) in [6.07, 6.45) is 6.69. The van der Waals surface area contributed by atoms with Gasteiger partial charge in [-0.25, -0.2) is 0 Å². The number of likely N-dealkylation sites (tertiary alicyclic amines) is 1. The summed E-state index contributed by atoms with van der Waals surface area (Å²) >= 11 is 1.89. The molecule has 2 aliphatic heterocycles. The van der Waals surface area contributed by atoms with Gasteiger partial charge in [0.05, 0.1) is 5.69 Å². The van der Waals surface area contributed by atoms with E-state index in [9.17, 15) is 4.79 Å². The van der Waals surface area contributed by atoms with E-state index in [2.05, 4.69) is 41.0 Å².